The maximum absolute atomic E-state index is 11.5. The van der Waals surface area contributed by atoms with E-state index in [0.717, 1.165) is 0 Å². The van der Waals surface area contributed by atoms with Crippen molar-refractivity contribution < 1.29 is 31.3 Å². The zero-order valence-corrected chi connectivity index (χ0v) is 9.53. The summed E-state index contributed by atoms with van der Waals surface area (Å²) in [6, 6.07) is 8.01. The highest BCUT2D eigenvalue weighted by molar-refractivity contribution is 8.46. The van der Waals surface area contributed by atoms with E-state index in [9.17, 15) is 17.5 Å². The second-order valence-corrected chi connectivity index (χ2v) is 7.61. The molecule has 1 aromatic rings. The van der Waals surface area contributed by atoms with Gasteiger partial charge in [0.05, 0.1) is 6.61 Å². The van der Waals surface area contributed by atoms with Crippen LogP contribution in [0.15, 0.2) is 30.3 Å². The molecule has 9 heteroatoms. The quantitative estimate of drug-likeness (QED) is 0.816. The molecule has 1 unspecified atom stereocenters. The molecule has 0 aromatic heterocycles. The Kier molecular flexibility index (Phi) is 4.17. The molecule has 0 aliphatic carbocycles. The normalized spacial score (nSPS) is 15.6. The SMILES string of the molecule is O=P(O)(OF)S(=O)(=O)OCc1ccccc1. The lowest BCUT2D eigenvalue weighted by atomic mass is 10.2. The minimum Gasteiger partial charge on any atom is -0.310 e. The molecule has 0 spiro atoms. The highest BCUT2D eigenvalue weighted by Crippen LogP contribution is 2.50. The number of hydrogen-bond acceptors (Lipinski definition) is 5. The highest BCUT2D eigenvalue weighted by atomic mass is 32.8. The van der Waals surface area contributed by atoms with Gasteiger partial charge in [-0.25, -0.2) is 4.57 Å². The van der Waals surface area contributed by atoms with Crippen LogP contribution in [0.25, 0.3) is 0 Å². The molecule has 1 aromatic carbocycles. The van der Waals surface area contributed by atoms with Crippen LogP contribution >= 0.6 is 6.80 Å². The topological polar surface area (TPSA) is 89.9 Å². The third-order valence-corrected chi connectivity index (χ3v) is 4.92. The van der Waals surface area contributed by atoms with Gasteiger partial charge in [0.25, 0.3) is 0 Å². The lowest BCUT2D eigenvalue weighted by molar-refractivity contribution is -0.0139. The molecule has 90 valence electrons. The van der Waals surface area contributed by atoms with Crippen molar-refractivity contribution in [3.63, 3.8) is 0 Å². The summed E-state index contributed by atoms with van der Waals surface area (Å²) in [7, 11) is -4.99. The van der Waals surface area contributed by atoms with Gasteiger partial charge in [0.2, 0.25) is 0 Å². The molecule has 0 bridgehead atoms. The largest absolute Gasteiger partial charge is 0.499 e. The van der Waals surface area contributed by atoms with Crippen molar-refractivity contribution in [2.45, 2.75) is 6.61 Å². The van der Waals surface area contributed by atoms with E-state index in [1.54, 1.807) is 18.2 Å². The van der Waals surface area contributed by atoms with Gasteiger partial charge < -0.3 is 4.89 Å². The van der Waals surface area contributed by atoms with Crippen molar-refractivity contribution in [1.82, 2.24) is 0 Å². The standard InChI is InChI=1S/C7H8FO6PS/c8-14-15(9,10)16(11,12)13-6-7-4-2-1-3-5-7/h1-5H,6H2,(H,9,10). The van der Waals surface area contributed by atoms with Crippen LogP contribution in [0.3, 0.4) is 0 Å². The van der Waals surface area contributed by atoms with Gasteiger partial charge in [-0.05, 0) is 10.1 Å². The van der Waals surface area contributed by atoms with Crippen molar-refractivity contribution >= 4 is 16.5 Å². The molecular weight excluding hydrogens is 262 g/mol. The van der Waals surface area contributed by atoms with Crippen LogP contribution < -0.4 is 0 Å². The molecule has 1 N–H and O–H groups in total. The predicted octanol–water partition coefficient (Wildman–Crippen LogP) is 1.53. The molecule has 6 nitrogen and oxygen atoms in total. The van der Waals surface area contributed by atoms with Crippen molar-refractivity contribution in [2.24, 2.45) is 0 Å². The van der Waals surface area contributed by atoms with E-state index in [2.05, 4.69) is 8.91 Å². The van der Waals surface area contributed by atoms with E-state index < -0.39 is 23.1 Å². The van der Waals surface area contributed by atoms with Gasteiger partial charge in [0.15, 0.2) is 0 Å². The Morgan fingerprint density at radius 3 is 2.38 bits per heavy atom. The van der Waals surface area contributed by atoms with Crippen molar-refractivity contribution in [2.75, 3.05) is 0 Å². The van der Waals surface area contributed by atoms with Gasteiger partial charge in [-0.2, -0.15) is 8.42 Å². The third kappa shape index (κ3) is 3.10. The van der Waals surface area contributed by atoms with Gasteiger partial charge in [-0.15, -0.1) is 0 Å². The maximum Gasteiger partial charge on any atom is 0.499 e. The molecule has 1 rings (SSSR count). The first-order valence-corrected chi connectivity index (χ1v) is 7.55. The lowest BCUT2D eigenvalue weighted by Gasteiger charge is -2.07. The summed E-state index contributed by atoms with van der Waals surface area (Å²) >= 11 is 0. The Labute approximate surface area is 90.9 Å². The van der Waals surface area contributed by atoms with Gasteiger partial charge in [0.1, 0.15) is 0 Å². The van der Waals surface area contributed by atoms with Crippen molar-refractivity contribution in [3.8, 4) is 0 Å². The van der Waals surface area contributed by atoms with Crippen LogP contribution in [0.2, 0.25) is 0 Å². The molecular formula is C7H8FO6PS. The summed E-state index contributed by atoms with van der Waals surface area (Å²) in [6.45, 7) is -5.91. The van der Waals surface area contributed by atoms with Crippen LogP contribution in [0.1, 0.15) is 5.56 Å². The zero-order chi connectivity index (χ0) is 12.2. The van der Waals surface area contributed by atoms with E-state index in [4.69, 9.17) is 4.89 Å². The van der Waals surface area contributed by atoms with Crippen molar-refractivity contribution in [1.29, 1.82) is 0 Å². The van der Waals surface area contributed by atoms with E-state index >= 15 is 0 Å². The molecule has 0 aliphatic heterocycles. The van der Waals surface area contributed by atoms with E-state index in [0.29, 0.717) is 5.56 Å². The molecule has 0 fully saturated rings. The second kappa shape index (κ2) is 5.03. The minimum absolute atomic E-state index is 0.449. The lowest BCUT2D eigenvalue weighted by Crippen LogP contribution is -2.06. The van der Waals surface area contributed by atoms with E-state index in [-0.39, 0.29) is 0 Å². The fourth-order valence-corrected chi connectivity index (χ4v) is 2.07. The smallest absolute Gasteiger partial charge is 0.310 e. The molecule has 0 amide bonds. The number of halogens is 1. The Balaban J connectivity index is 2.73. The fourth-order valence-electron chi connectivity index (χ4n) is 0.818. The van der Waals surface area contributed by atoms with Crippen LogP contribution in [0.4, 0.5) is 4.53 Å². The van der Waals surface area contributed by atoms with Crippen LogP contribution in [0, 0.1) is 0 Å². The monoisotopic (exact) mass is 270 g/mol. The Hall–Kier alpha value is -0.790. The summed E-state index contributed by atoms with van der Waals surface area (Å²) < 4.78 is 50.8. The zero-order valence-electron chi connectivity index (χ0n) is 7.82. The van der Waals surface area contributed by atoms with E-state index in [1.807, 2.05) is 0 Å². The van der Waals surface area contributed by atoms with Crippen molar-refractivity contribution in [3.05, 3.63) is 35.9 Å². The Morgan fingerprint density at radius 2 is 1.88 bits per heavy atom. The Bertz CT molecular complexity index is 487. The molecule has 0 heterocycles. The number of rotatable bonds is 5. The number of benzene rings is 1. The van der Waals surface area contributed by atoms with Gasteiger partial charge in [0, 0.05) is 0 Å². The average molecular weight is 270 g/mol. The second-order valence-electron chi connectivity index (χ2n) is 2.71. The van der Waals surface area contributed by atoms with Crippen LogP contribution in [0.5, 0.6) is 0 Å². The summed E-state index contributed by atoms with van der Waals surface area (Å²) in [5.41, 5.74) is 0.449. The molecule has 0 radical (unpaired) electrons. The first-order valence-electron chi connectivity index (χ1n) is 3.95. The maximum atomic E-state index is 11.5. The van der Waals surface area contributed by atoms with Gasteiger partial charge >= 0.3 is 16.5 Å². The molecule has 0 saturated carbocycles. The first-order chi connectivity index (χ1) is 7.39. The summed E-state index contributed by atoms with van der Waals surface area (Å²) in [5.74, 6) is 0. The molecule has 0 saturated heterocycles. The summed E-state index contributed by atoms with van der Waals surface area (Å²) in [5, 5.41) is 0. The minimum atomic E-state index is -5.43. The summed E-state index contributed by atoms with van der Waals surface area (Å²) in [6.07, 6.45) is 0. The predicted molar refractivity (Wildman–Crippen MR) is 52.2 cm³/mol. The van der Waals surface area contributed by atoms with Crippen LogP contribution in [-0.2, 0) is 29.8 Å². The molecule has 16 heavy (non-hydrogen) atoms. The third-order valence-electron chi connectivity index (χ3n) is 1.59. The highest BCUT2D eigenvalue weighted by Gasteiger charge is 2.41. The van der Waals surface area contributed by atoms with Gasteiger partial charge in [-0.1, -0.05) is 35.1 Å². The van der Waals surface area contributed by atoms with Crippen LogP contribution in [-0.4, -0.2) is 13.3 Å². The number of hydrogen-bond donors (Lipinski definition) is 1. The average Bonchev–Trinajstić information content (AvgIpc) is 2.27. The Morgan fingerprint density at radius 1 is 1.31 bits per heavy atom. The molecule has 0 aliphatic rings. The summed E-state index contributed by atoms with van der Waals surface area (Å²) in [4.78, 5) is 8.57. The van der Waals surface area contributed by atoms with E-state index in [1.165, 1.54) is 12.1 Å². The first kappa shape index (κ1) is 13.3. The van der Waals surface area contributed by atoms with Gasteiger partial charge in [-0.3, -0.25) is 4.18 Å². The fraction of sp³-hybridized carbons (Fsp3) is 0.143. The molecule has 1 atom stereocenters.